The molecule has 4 aromatic rings. The fraction of sp³-hybridized carbons (Fsp3) is 0.355. The van der Waals surface area contributed by atoms with Crippen LogP contribution in [0.15, 0.2) is 72.8 Å². The highest BCUT2D eigenvalue weighted by Gasteiger charge is 2.22. The lowest BCUT2D eigenvalue weighted by atomic mass is 9.91. The van der Waals surface area contributed by atoms with Crippen LogP contribution >= 0.6 is 11.6 Å². The molecule has 0 spiro atoms. The van der Waals surface area contributed by atoms with Crippen molar-refractivity contribution < 1.29 is 0 Å². The maximum atomic E-state index is 6.13. The fourth-order valence-corrected chi connectivity index (χ4v) is 5.46. The lowest BCUT2D eigenvalue weighted by Gasteiger charge is -2.30. The number of hydrogen-bond acceptors (Lipinski definition) is 6. The Hall–Kier alpha value is -3.35. The minimum atomic E-state index is 0.405. The van der Waals surface area contributed by atoms with Gasteiger partial charge in [0.1, 0.15) is 5.82 Å². The van der Waals surface area contributed by atoms with Crippen LogP contribution in [-0.2, 0) is 13.0 Å². The Bertz CT molecular complexity index is 1350. The molecule has 1 aliphatic carbocycles. The molecule has 0 atom stereocenters. The summed E-state index contributed by atoms with van der Waals surface area (Å²) < 4.78 is 0. The minimum Gasteiger partial charge on any atom is -0.381 e. The van der Waals surface area contributed by atoms with Gasteiger partial charge in [0.25, 0.3) is 0 Å². The van der Waals surface area contributed by atoms with Crippen LogP contribution < -0.4 is 20.9 Å². The SMILES string of the molecule is CN(C)c1nc(NC2CCC(NCCc3ccccc3CNc3cccc(Cl)c3)CC2)nc2ccccc12. The molecule has 0 amide bonds. The largest absolute Gasteiger partial charge is 0.381 e. The summed E-state index contributed by atoms with van der Waals surface area (Å²) in [5.41, 5.74) is 4.74. The molecule has 0 bridgehead atoms. The first kappa shape index (κ1) is 26.3. The summed E-state index contributed by atoms with van der Waals surface area (Å²) in [4.78, 5) is 11.7. The smallest absolute Gasteiger partial charge is 0.225 e. The van der Waals surface area contributed by atoms with Gasteiger partial charge in [0.15, 0.2) is 0 Å². The molecular weight excluding hydrogens is 492 g/mol. The number of hydrogen-bond donors (Lipinski definition) is 3. The Balaban J connectivity index is 1.10. The van der Waals surface area contributed by atoms with Gasteiger partial charge in [-0.15, -0.1) is 0 Å². The van der Waals surface area contributed by atoms with E-state index in [1.54, 1.807) is 0 Å². The molecule has 1 fully saturated rings. The summed E-state index contributed by atoms with van der Waals surface area (Å²) >= 11 is 6.13. The zero-order chi connectivity index (χ0) is 26.3. The molecular formula is C31H37ClN6. The number of nitrogens with zero attached hydrogens (tertiary/aromatic N) is 3. The highest BCUT2D eigenvalue weighted by Crippen LogP contribution is 2.26. The number of fused-ring (bicyclic) bond motifs is 1. The van der Waals surface area contributed by atoms with E-state index in [4.69, 9.17) is 21.6 Å². The number of rotatable bonds is 10. The van der Waals surface area contributed by atoms with E-state index in [-0.39, 0.29) is 0 Å². The van der Waals surface area contributed by atoms with E-state index in [1.807, 2.05) is 44.4 Å². The monoisotopic (exact) mass is 528 g/mol. The van der Waals surface area contributed by atoms with Crippen molar-refractivity contribution in [3.05, 3.63) is 88.9 Å². The molecule has 0 radical (unpaired) electrons. The summed E-state index contributed by atoms with van der Waals surface area (Å²) in [6.45, 7) is 1.77. The van der Waals surface area contributed by atoms with Crippen LogP contribution in [0.4, 0.5) is 17.5 Å². The molecule has 0 unspecified atom stereocenters. The van der Waals surface area contributed by atoms with E-state index in [1.165, 1.54) is 11.1 Å². The van der Waals surface area contributed by atoms with Crippen molar-refractivity contribution in [2.75, 3.05) is 36.2 Å². The van der Waals surface area contributed by atoms with E-state index in [0.29, 0.717) is 12.1 Å². The quantitative estimate of drug-likeness (QED) is 0.218. The molecule has 6 nitrogen and oxygen atoms in total. The van der Waals surface area contributed by atoms with Crippen LogP contribution in [0.5, 0.6) is 0 Å². The van der Waals surface area contributed by atoms with Gasteiger partial charge in [0.2, 0.25) is 5.95 Å². The zero-order valence-electron chi connectivity index (χ0n) is 22.3. The number of halogens is 1. The second kappa shape index (κ2) is 12.5. The zero-order valence-corrected chi connectivity index (χ0v) is 23.0. The van der Waals surface area contributed by atoms with E-state index in [2.05, 4.69) is 63.3 Å². The summed E-state index contributed by atoms with van der Waals surface area (Å²) in [7, 11) is 4.06. The summed E-state index contributed by atoms with van der Waals surface area (Å²) in [6, 6.07) is 25.7. The number of anilines is 3. The van der Waals surface area contributed by atoms with Gasteiger partial charge in [-0.3, -0.25) is 0 Å². The highest BCUT2D eigenvalue weighted by atomic mass is 35.5. The van der Waals surface area contributed by atoms with Crippen LogP contribution in [0, 0.1) is 0 Å². The first-order valence-corrected chi connectivity index (χ1v) is 13.9. The molecule has 3 N–H and O–H groups in total. The maximum Gasteiger partial charge on any atom is 0.225 e. The first-order valence-electron chi connectivity index (χ1n) is 13.6. The van der Waals surface area contributed by atoms with Gasteiger partial charge in [0, 0.05) is 48.8 Å². The molecule has 38 heavy (non-hydrogen) atoms. The van der Waals surface area contributed by atoms with Gasteiger partial charge in [-0.2, -0.15) is 4.98 Å². The fourth-order valence-electron chi connectivity index (χ4n) is 5.27. The molecule has 5 rings (SSSR count). The van der Waals surface area contributed by atoms with Crippen LogP contribution in [0.25, 0.3) is 10.9 Å². The molecule has 3 aromatic carbocycles. The Morgan fingerprint density at radius 2 is 1.58 bits per heavy atom. The number of benzene rings is 3. The lowest BCUT2D eigenvalue weighted by molar-refractivity contribution is 0.355. The molecule has 1 aliphatic rings. The Kier molecular flexibility index (Phi) is 8.61. The molecule has 0 aliphatic heterocycles. The normalized spacial score (nSPS) is 17.3. The molecule has 198 valence electrons. The standard InChI is InChI=1S/C31H37ClN6/c1-38(2)30-28-12-5-6-13-29(28)36-31(37-30)35-26-16-14-25(15-17-26)33-19-18-22-8-3-4-9-23(22)21-34-27-11-7-10-24(32)20-27/h3-13,20,25-26,33-34H,14-19,21H2,1-2H3,(H,35,36,37). The van der Waals surface area contributed by atoms with Crippen molar-refractivity contribution in [1.82, 2.24) is 15.3 Å². The van der Waals surface area contributed by atoms with Gasteiger partial charge in [-0.25, -0.2) is 4.98 Å². The summed E-state index contributed by atoms with van der Waals surface area (Å²) in [6.07, 6.45) is 5.56. The van der Waals surface area contributed by atoms with Gasteiger partial charge < -0.3 is 20.9 Å². The van der Waals surface area contributed by atoms with Crippen LogP contribution in [-0.4, -0.2) is 42.7 Å². The molecule has 1 saturated carbocycles. The predicted molar refractivity (Wildman–Crippen MR) is 160 cm³/mol. The minimum absolute atomic E-state index is 0.405. The third-order valence-electron chi connectivity index (χ3n) is 7.32. The van der Waals surface area contributed by atoms with Crippen molar-refractivity contribution in [2.45, 2.75) is 50.7 Å². The second-order valence-corrected chi connectivity index (χ2v) is 10.7. The third kappa shape index (κ3) is 6.74. The molecule has 0 saturated heterocycles. The average Bonchev–Trinajstić information content (AvgIpc) is 2.93. The highest BCUT2D eigenvalue weighted by molar-refractivity contribution is 6.30. The maximum absolute atomic E-state index is 6.13. The van der Waals surface area contributed by atoms with Crippen LogP contribution in [0.1, 0.15) is 36.8 Å². The van der Waals surface area contributed by atoms with Gasteiger partial charge in [-0.05, 0) is 80.1 Å². The lowest BCUT2D eigenvalue weighted by Crippen LogP contribution is -2.38. The van der Waals surface area contributed by atoms with Gasteiger partial charge in [0.05, 0.1) is 5.52 Å². The average molecular weight is 529 g/mol. The number of para-hydroxylation sites is 1. The number of aromatic nitrogens is 2. The third-order valence-corrected chi connectivity index (χ3v) is 7.56. The Morgan fingerprint density at radius 1 is 0.842 bits per heavy atom. The number of nitrogens with one attached hydrogen (secondary N) is 3. The molecule has 1 aromatic heterocycles. The van der Waals surface area contributed by atoms with Crippen molar-refractivity contribution in [1.29, 1.82) is 0 Å². The van der Waals surface area contributed by atoms with Crippen LogP contribution in [0.3, 0.4) is 0 Å². The van der Waals surface area contributed by atoms with Crippen molar-refractivity contribution in [3.63, 3.8) is 0 Å². The van der Waals surface area contributed by atoms with E-state index in [9.17, 15) is 0 Å². The van der Waals surface area contributed by atoms with Gasteiger partial charge in [-0.1, -0.05) is 54.1 Å². The molecule has 1 heterocycles. The van der Waals surface area contributed by atoms with Crippen molar-refractivity contribution in [2.24, 2.45) is 0 Å². The predicted octanol–water partition coefficient (Wildman–Crippen LogP) is 6.52. The topological polar surface area (TPSA) is 65.1 Å². The molecule has 7 heteroatoms. The van der Waals surface area contributed by atoms with E-state index < -0.39 is 0 Å². The Morgan fingerprint density at radius 3 is 2.37 bits per heavy atom. The van der Waals surface area contributed by atoms with E-state index in [0.717, 1.165) is 78.6 Å². The van der Waals surface area contributed by atoms with Crippen LogP contribution in [0.2, 0.25) is 5.02 Å². The van der Waals surface area contributed by atoms with Gasteiger partial charge >= 0.3 is 0 Å². The summed E-state index contributed by atoms with van der Waals surface area (Å²) in [5, 5.41) is 12.8. The first-order chi connectivity index (χ1) is 18.5. The van der Waals surface area contributed by atoms with Crippen molar-refractivity contribution >= 4 is 40.0 Å². The van der Waals surface area contributed by atoms with E-state index >= 15 is 0 Å². The summed E-state index contributed by atoms with van der Waals surface area (Å²) in [5.74, 6) is 1.68. The van der Waals surface area contributed by atoms with Crippen molar-refractivity contribution in [3.8, 4) is 0 Å². The Labute approximate surface area is 230 Å². The second-order valence-electron chi connectivity index (χ2n) is 10.3.